The van der Waals surface area contributed by atoms with E-state index in [1.54, 1.807) is 37.3 Å². The lowest BCUT2D eigenvalue weighted by molar-refractivity contribution is -0.138. The van der Waals surface area contributed by atoms with E-state index in [0.29, 0.717) is 21.2 Å². The normalized spacial score (nSPS) is 17.1. The molecule has 0 unspecified atom stereocenters. The molecule has 0 fully saturated rings. The molecule has 1 heterocycles. The number of nitrogens with zero attached hydrogens (tertiary/aromatic N) is 1. The van der Waals surface area contributed by atoms with Crippen molar-refractivity contribution in [3.63, 3.8) is 0 Å². The maximum absolute atomic E-state index is 12.3. The fourth-order valence-corrected chi connectivity index (χ4v) is 3.41. The monoisotopic (exact) mass is 367 g/mol. The topological polar surface area (TPSA) is 79.1 Å². The number of aliphatic hydroxyl groups excluding tert-OH is 1. The van der Waals surface area contributed by atoms with Gasteiger partial charge in [0.05, 0.1) is 17.2 Å². The molecular formula is C20H17NO4S. The van der Waals surface area contributed by atoms with Gasteiger partial charge in [-0.3, -0.25) is 0 Å². The first-order valence-corrected chi connectivity index (χ1v) is 8.83. The fraction of sp³-hybridized carbons (Fsp3) is 0.100. The summed E-state index contributed by atoms with van der Waals surface area (Å²) in [6, 6.07) is 15.8. The van der Waals surface area contributed by atoms with E-state index in [9.17, 15) is 15.0 Å². The lowest BCUT2D eigenvalue weighted by Crippen LogP contribution is -2.12. The van der Waals surface area contributed by atoms with Crippen LogP contribution in [0.15, 0.2) is 75.8 Å². The molecule has 2 aromatic rings. The molecule has 0 bridgehead atoms. The summed E-state index contributed by atoms with van der Waals surface area (Å²) in [5.74, 6) is -0.674. The molecule has 2 aromatic carbocycles. The molecule has 0 aromatic heterocycles. The number of rotatable bonds is 4. The van der Waals surface area contributed by atoms with Gasteiger partial charge in [0.1, 0.15) is 22.1 Å². The summed E-state index contributed by atoms with van der Waals surface area (Å²) < 4.78 is 5.06. The van der Waals surface area contributed by atoms with Crippen molar-refractivity contribution in [1.82, 2.24) is 0 Å². The summed E-state index contributed by atoms with van der Waals surface area (Å²) in [5.41, 5.74) is 1.42. The number of aliphatic imine (C=N–C) groups is 1. The largest absolute Gasteiger partial charge is 0.508 e. The highest BCUT2D eigenvalue weighted by Gasteiger charge is 2.33. The molecule has 5 nitrogen and oxygen atoms in total. The van der Waals surface area contributed by atoms with Crippen molar-refractivity contribution in [3.05, 3.63) is 76.4 Å². The summed E-state index contributed by atoms with van der Waals surface area (Å²) in [5, 5.41) is 20.5. The Labute approximate surface area is 155 Å². The molecule has 2 N–H and O–H groups in total. The van der Waals surface area contributed by atoms with Crippen molar-refractivity contribution >= 4 is 34.5 Å². The van der Waals surface area contributed by atoms with Crippen LogP contribution in [0.4, 0.5) is 5.69 Å². The summed E-state index contributed by atoms with van der Waals surface area (Å²) in [7, 11) is 0. The van der Waals surface area contributed by atoms with Crippen LogP contribution in [0.2, 0.25) is 0 Å². The average molecular weight is 367 g/mol. The van der Waals surface area contributed by atoms with E-state index in [1.165, 1.54) is 11.8 Å². The van der Waals surface area contributed by atoms with Gasteiger partial charge in [-0.25, -0.2) is 9.79 Å². The Morgan fingerprint density at radius 3 is 2.62 bits per heavy atom. The van der Waals surface area contributed by atoms with Gasteiger partial charge in [0.2, 0.25) is 0 Å². The van der Waals surface area contributed by atoms with Gasteiger partial charge in [-0.15, -0.1) is 0 Å². The lowest BCUT2D eigenvalue weighted by atomic mass is 10.1. The summed E-state index contributed by atoms with van der Waals surface area (Å²) in [4.78, 5) is 17.2. The quantitative estimate of drug-likeness (QED) is 0.773. The highest BCUT2D eigenvalue weighted by Crippen LogP contribution is 2.40. The second-order valence-corrected chi connectivity index (χ2v) is 6.43. The molecule has 1 aliphatic rings. The first kappa shape index (κ1) is 17.8. The number of aromatic hydroxyl groups is 1. The smallest absolute Gasteiger partial charge is 0.344 e. The highest BCUT2D eigenvalue weighted by atomic mass is 32.2. The molecule has 3 rings (SSSR count). The molecule has 26 heavy (non-hydrogen) atoms. The van der Waals surface area contributed by atoms with E-state index in [-0.39, 0.29) is 23.7 Å². The maximum atomic E-state index is 12.3. The van der Waals surface area contributed by atoms with Crippen LogP contribution in [0.5, 0.6) is 5.75 Å². The Hall–Kier alpha value is -2.99. The number of para-hydroxylation sites is 1. The van der Waals surface area contributed by atoms with E-state index in [0.717, 1.165) is 0 Å². The molecule has 0 saturated carbocycles. The summed E-state index contributed by atoms with van der Waals surface area (Å²) >= 11 is 1.18. The Balaban J connectivity index is 2.04. The van der Waals surface area contributed by atoms with Gasteiger partial charge in [0.25, 0.3) is 0 Å². The van der Waals surface area contributed by atoms with Crippen LogP contribution < -0.4 is 0 Å². The maximum Gasteiger partial charge on any atom is 0.344 e. The van der Waals surface area contributed by atoms with Crippen LogP contribution in [0.1, 0.15) is 12.5 Å². The van der Waals surface area contributed by atoms with Crippen molar-refractivity contribution in [3.8, 4) is 5.75 Å². The predicted octanol–water partition coefficient (Wildman–Crippen LogP) is 4.59. The fourth-order valence-electron chi connectivity index (χ4n) is 2.38. The zero-order valence-electron chi connectivity index (χ0n) is 14.0. The van der Waals surface area contributed by atoms with Crippen molar-refractivity contribution in [2.24, 2.45) is 4.99 Å². The second kappa shape index (κ2) is 7.93. The Morgan fingerprint density at radius 1 is 1.15 bits per heavy atom. The number of esters is 1. The number of benzene rings is 2. The van der Waals surface area contributed by atoms with Gasteiger partial charge < -0.3 is 14.9 Å². The number of ether oxygens (including phenoxy) is 1. The molecule has 0 spiro atoms. The second-order valence-electron chi connectivity index (χ2n) is 5.40. The number of hydrogen-bond donors (Lipinski definition) is 2. The lowest BCUT2D eigenvalue weighted by Gasteiger charge is -2.03. The third-order valence-electron chi connectivity index (χ3n) is 3.53. The van der Waals surface area contributed by atoms with Crippen molar-refractivity contribution in [2.45, 2.75) is 6.92 Å². The zero-order chi connectivity index (χ0) is 18.5. The van der Waals surface area contributed by atoms with E-state index in [4.69, 9.17) is 4.74 Å². The summed E-state index contributed by atoms with van der Waals surface area (Å²) in [6.45, 7) is 1.90. The summed E-state index contributed by atoms with van der Waals surface area (Å²) in [6.07, 6.45) is 1.69. The van der Waals surface area contributed by atoms with Crippen LogP contribution in [0.25, 0.3) is 6.08 Å². The molecule has 0 aliphatic carbocycles. The molecule has 0 atom stereocenters. The molecule has 0 saturated heterocycles. The molecule has 0 radical (unpaired) electrons. The Kier molecular flexibility index (Phi) is 5.43. The minimum atomic E-state index is -0.619. The van der Waals surface area contributed by atoms with Crippen LogP contribution in [-0.2, 0) is 9.53 Å². The van der Waals surface area contributed by atoms with Crippen molar-refractivity contribution < 1.29 is 19.7 Å². The van der Waals surface area contributed by atoms with Gasteiger partial charge in [-0.2, -0.15) is 0 Å². The molecule has 6 heteroatoms. The molecular weight excluding hydrogens is 350 g/mol. The van der Waals surface area contributed by atoms with Crippen molar-refractivity contribution in [2.75, 3.05) is 6.61 Å². The van der Waals surface area contributed by atoms with E-state index >= 15 is 0 Å². The number of carbonyl (C=O) groups excluding carboxylic acids is 1. The highest BCUT2D eigenvalue weighted by molar-refractivity contribution is 8.18. The third kappa shape index (κ3) is 3.97. The molecule has 132 valence electrons. The third-order valence-corrected chi connectivity index (χ3v) is 4.54. The van der Waals surface area contributed by atoms with Gasteiger partial charge >= 0.3 is 5.97 Å². The number of carbonyl (C=O) groups is 1. The van der Waals surface area contributed by atoms with Gasteiger partial charge in [0, 0.05) is 0 Å². The SMILES string of the molecule is CCOC(=O)C1=C(O)C(=Cc2cccc(O)c2)SC1=Nc1ccccc1. The van der Waals surface area contributed by atoms with Gasteiger partial charge in [0.15, 0.2) is 0 Å². The van der Waals surface area contributed by atoms with Gasteiger partial charge in [-0.05, 0) is 42.8 Å². The van der Waals surface area contributed by atoms with Crippen molar-refractivity contribution in [1.29, 1.82) is 0 Å². The number of phenolic OH excluding ortho intramolecular Hbond substituents is 1. The first-order chi connectivity index (χ1) is 12.6. The van der Waals surface area contributed by atoms with Gasteiger partial charge in [-0.1, -0.05) is 42.1 Å². The van der Waals surface area contributed by atoms with Crippen LogP contribution >= 0.6 is 11.8 Å². The van der Waals surface area contributed by atoms with E-state index < -0.39 is 5.97 Å². The standard InChI is InChI=1S/C20H17NO4S/c1-2-25-20(24)17-18(23)16(12-13-7-6-10-15(22)11-13)26-19(17)21-14-8-4-3-5-9-14/h3-12,22-23H,2H2,1H3. The first-order valence-electron chi connectivity index (χ1n) is 8.02. The van der Waals surface area contributed by atoms with Crippen LogP contribution in [-0.4, -0.2) is 27.8 Å². The molecule has 1 aliphatic heterocycles. The average Bonchev–Trinajstić information content (AvgIpc) is 2.91. The predicted molar refractivity (Wildman–Crippen MR) is 103 cm³/mol. The molecule has 0 amide bonds. The van der Waals surface area contributed by atoms with E-state index in [2.05, 4.69) is 4.99 Å². The number of thioether (sulfide) groups is 1. The Morgan fingerprint density at radius 2 is 1.92 bits per heavy atom. The van der Waals surface area contributed by atoms with E-state index in [1.807, 2.05) is 30.3 Å². The van der Waals surface area contributed by atoms with Crippen LogP contribution in [0.3, 0.4) is 0 Å². The zero-order valence-corrected chi connectivity index (χ0v) is 14.9. The minimum Gasteiger partial charge on any atom is -0.508 e. The minimum absolute atomic E-state index is 0.0482. The van der Waals surface area contributed by atoms with Crippen LogP contribution in [0, 0.1) is 0 Å². The number of phenols is 1. The Bertz CT molecular complexity index is 916. The number of hydrogen-bond acceptors (Lipinski definition) is 6. The number of aliphatic hydroxyl groups is 1.